The number of aromatic nitrogens is 2. The van der Waals surface area contributed by atoms with Crippen LogP contribution in [-0.2, 0) is 17.6 Å². The first-order valence-corrected chi connectivity index (χ1v) is 8.86. The van der Waals surface area contributed by atoms with Gasteiger partial charge in [-0.15, -0.1) is 0 Å². The smallest absolute Gasteiger partial charge is 0.227 e. The maximum absolute atomic E-state index is 12.8. The van der Waals surface area contributed by atoms with Crippen molar-refractivity contribution in [3.63, 3.8) is 0 Å². The molecular weight excluding hydrogens is 310 g/mol. The van der Waals surface area contributed by atoms with Gasteiger partial charge >= 0.3 is 0 Å². The quantitative estimate of drug-likeness (QED) is 0.770. The first-order chi connectivity index (χ1) is 12.0. The van der Waals surface area contributed by atoms with Crippen LogP contribution in [0.25, 0.3) is 5.65 Å². The van der Waals surface area contributed by atoms with Gasteiger partial charge in [-0.2, -0.15) is 0 Å². The number of hydrogen-bond acceptors (Lipinski definition) is 2. The van der Waals surface area contributed by atoms with Crippen LogP contribution >= 0.6 is 0 Å². The molecule has 0 spiro atoms. The number of anilines is 1. The minimum absolute atomic E-state index is 0.00591. The summed E-state index contributed by atoms with van der Waals surface area (Å²) in [5.41, 5.74) is 7.69. The number of rotatable bonds is 2. The lowest BCUT2D eigenvalue weighted by molar-refractivity contribution is -0.120. The molecule has 128 valence electrons. The third kappa shape index (κ3) is 2.93. The lowest BCUT2D eigenvalue weighted by Gasteiger charge is -2.22. The fourth-order valence-corrected chi connectivity index (χ4v) is 3.64. The third-order valence-electron chi connectivity index (χ3n) is 5.15. The number of nitrogens with one attached hydrogen (secondary N) is 1. The van der Waals surface area contributed by atoms with Crippen LogP contribution in [0.5, 0.6) is 0 Å². The summed E-state index contributed by atoms with van der Waals surface area (Å²) < 4.78 is 2.14. The molecular formula is C21H23N3O. The number of pyridine rings is 1. The molecule has 0 aliphatic heterocycles. The number of carbonyl (C=O) groups excluding carboxylic acids is 1. The van der Waals surface area contributed by atoms with Crippen LogP contribution < -0.4 is 5.32 Å². The van der Waals surface area contributed by atoms with E-state index in [9.17, 15) is 4.79 Å². The Morgan fingerprint density at radius 3 is 2.80 bits per heavy atom. The van der Waals surface area contributed by atoms with Gasteiger partial charge in [0.2, 0.25) is 5.91 Å². The number of amides is 1. The first kappa shape index (κ1) is 15.9. The maximum atomic E-state index is 12.8. The second-order valence-corrected chi connectivity index (χ2v) is 7.18. The van der Waals surface area contributed by atoms with Crippen molar-refractivity contribution in [3.05, 3.63) is 64.6 Å². The Balaban J connectivity index is 1.58. The van der Waals surface area contributed by atoms with Crippen molar-refractivity contribution in [2.45, 2.75) is 40.0 Å². The molecule has 2 heterocycles. The minimum Gasteiger partial charge on any atom is -0.326 e. The predicted molar refractivity (Wildman–Crippen MR) is 100.0 cm³/mol. The minimum atomic E-state index is -0.00591. The summed E-state index contributed by atoms with van der Waals surface area (Å²) >= 11 is 0. The Bertz CT molecular complexity index is 971. The molecule has 2 aromatic heterocycles. The molecule has 4 heteroatoms. The Hall–Kier alpha value is -2.62. The number of benzene rings is 1. The zero-order valence-electron chi connectivity index (χ0n) is 15.0. The van der Waals surface area contributed by atoms with Crippen molar-refractivity contribution in [1.82, 2.24) is 9.38 Å². The fraction of sp³-hybridized carbons (Fsp3) is 0.333. The average molecular weight is 333 g/mol. The van der Waals surface area contributed by atoms with E-state index in [-0.39, 0.29) is 11.8 Å². The monoisotopic (exact) mass is 333 g/mol. The molecule has 0 bridgehead atoms. The van der Waals surface area contributed by atoms with Crippen LogP contribution in [-0.4, -0.2) is 15.3 Å². The number of nitrogens with zero attached hydrogens (tertiary/aromatic N) is 2. The molecule has 0 radical (unpaired) electrons. The van der Waals surface area contributed by atoms with Gasteiger partial charge in [-0.25, -0.2) is 4.98 Å². The van der Waals surface area contributed by atoms with Crippen molar-refractivity contribution in [2.24, 2.45) is 5.92 Å². The summed E-state index contributed by atoms with van der Waals surface area (Å²) in [5.74, 6) is 0.107. The zero-order chi connectivity index (χ0) is 17.6. The van der Waals surface area contributed by atoms with E-state index in [1.807, 2.05) is 19.9 Å². The molecule has 0 saturated heterocycles. The number of carbonyl (C=O) groups is 1. The molecule has 1 aliphatic rings. The Morgan fingerprint density at radius 1 is 1.16 bits per heavy atom. The van der Waals surface area contributed by atoms with Crippen molar-refractivity contribution < 1.29 is 4.79 Å². The van der Waals surface area contributed by atoms with Crippen LogP contribution in [0.15, 0.2) is 36.5 Å². The van der Waals surface area contributed by atoms with Crippen LogP contribution in [0, 0.1) is 26.7 Å². The molecule has 1 unspecified atom stereocenters. The molecule has 1 N–H and O–H groups in total. The highest BCUT2D eigenvalue weighted by atomic mass is 16.1. The normalized spacial score (nSPS) is 16.7. The van der Waals surface area contributed by atoms with Crippen molar-refractivity contribution in [1.29, 1.82) is 0 Å². The highest BCUT2D eigenvalue weighted by Gasteiger charge is 2.28. The maximum Gasteiger partial charge on any atom is 0.227 e. The van der Waals surface area contributed by atoms with Crippen LogP contribution in [0.2, 0.25) is 0 Å². The van der Waals surface area contributed by atoms with Crippen LogP contribution in [0.4, 0.5) is 5.69 Å². The number of fused-ring (bicyclic) bond motifs is 3. The number of imidazole rings is 1. The SMILES string of the molecule is Cc1ccc(C)c(NC(=O)C2CCc3nc4cc(C)ccn4c3C2)c1. The Kier molecular flexibility index (Phi) is 3.83. The summed E-state index contributed by atoms with van der Waals surface area (Å²) in [7, 11) is 0. The summed E-state index contributed by atoms with van der Waals surface area (Å²) in [6.45, 7) is 6.15. The second-order valence-electron chi connectivity index (χ2n) is 7.18. The zero-order valence-corrected chi connectivity index (χ0v) is 15.0. The Morgan fingerprint density at radius 2 is 1.96 bits per heavy atom. The topological polar surface area (TPSA) is 46.4 Å². The standard InChI is InChI=1S/C21H23N3O/c1-13-4-5-15(3)18(10-13)23-21(25)16-6-7-17-19(12-16)24-9-8-14(2)11-20(24)22-17/h4-5,8-11,16H,6-7,12H2,1-3H3,(H,23,25). The summed E-state index contributed by atoms with van der Waals surface area (Å²) in [5, 5.41) is 3.13. The largest absolute Gasteiger partial charge is 0.326 e. The molecule has 1 aromatic carbocycles. The van der Waals surface area contributed by atoms with Crippen molar-refractivity contribution in [3.8, 4) is 0 Å². The molecule has 1 atom stereocenters. The second kappa shape index (κ2) is 6.03. The van der Waals surface area contributed by atoms with Gasteiger partial charge in [0.1, 0.15) is 5.65 Å². The molecule has 4 nitrogen and oxygen atoms in total. The van der Waals surface area contributed by atoms with Crippen LogP contribution in [0.3, 0.4) is 0 Å². The molecule has 3 aromatic rings. The van der Waals surface area contributed by atoms with Crippen LogP contribution in [0.1, 0.15) is 34.5 Å². The van der Waals surface area contributed by atoms with E-state index in [4.69, 9.17) is 4.98 Å². The van der Waals surface area contributed by atoms with E-state index in [1.165, 1.54) is 11.3 Å². The lowest BCUT2D eigenvalue weighted by atomic mass is 9.89. The average Bonchev–Trinajstić information content (AvgIpc) is 2.94. The molecule has 25 heavy (non-hydrogen) atoms. The summed E-state index contributed by atoms with van der Waals surface area (Å²) in [6.07, 6.45) is 4.53. The van der Waals surface area contributed by atoms with Gasteiger partial charge in [-0.3, -0.25) is 4.79 Å². The van der Waals surface area contributed by atoms with E-state index in [0.717, 1.165) is 47.4 Å². The first-order valence-electron chi connectivity index (χ1n) is 8.86. The van der Waals surface area contributed by atoms with E-state index in [2.05, 4.69) is 47.1 Å². The number of hydrogen-bond donors (Lipinski definition) is 1. The molecule has 1 amide bonds. The van der Waals surface area contributed by atoms with E-state index in [1.54, 1.807) is 0 Å². The molecule has 0 fully saturated rings. The Labute approximate surface area is 147 Å². The lowest BCUT2D eigenvalue weighted by Crippen LogP contribution is -2.28. The predicted octanol–water partition coefficient (Wildman–Crippen LogP) is 4.00. The van der Waals surface area contributed by atoms with Gasteiger partial charge in [0, 0.05) is 29.9 Å². The molecule has 1 aliphatic carbocycles. The van der Waals surface area contributed by atoms with E-state index in [0.29, 0.717) is 0 Å². The van der Waals surface area contributed by atoms with Gasteiger partial charge in [0.05, 0.1) is 5.69 Å². The molecule has 0 saturated carbocycles. The summed E-state index contributed by atoms with van der Waals surface area (Å²) in [4.78, 5) is 17.6. The van der Waals surface area contributed by atoms with Crippen molar-refractivity contribution in [2.75, 3.05) is 5.32 Å². The van der Waals surface area contributed by atoms with Gasteiger partial charge in [-0.1, -0.05) is 12.1 Å². The highest BCUT2D eigenvalue weighted by Crippen LogP contribution is 2.28. The molecule has 4 rings (SSSR count). The highest BCUT2D eigenvalue weighted by molar-refractivity contribution is 5.93. The number of aryl methyl sites for hydroxylation is 4. The third-order valence-corrected chi connectivity index (χ3v) is 5.15. The van der Waals surface area contributed by atoms with Crippen molar-refractivity contribution >= 4 is 17.2 Å². The van der Waals surface area contributed by atoms with E-state index >= 15 is 0 Å². The fourth-order valence-electron chi connectivity index (χ4n) is 3.64. The van der Waals surface area contributed by atoms with E-state index < -0.39 is 0 Å². The van der Waals surface area contributed by atoms with Gasteiger partial charge in [-0.05, 0) is 68.5 Å². The van der Waals surface area contributed by atoms with Gasteiger partial charge in [0.25, 0.3) is 0 Å². The van der Waals surface area contributed by atoms with Gasteiger partial charge in [0.15, 0.2) is 0 Å². The van der Waals surface area contributed by atoms with Gasteiger partial charge < -0.3 is 9.72 Å². The summed E-state index contributed by atoms with van der Waals surface area (Å²) in [6, 6.07) is 10.4.